The second-order valence-electron chi connectivity index (χ2n) is 7.08. The summed E-state index contributed by atoms with van der Waals surface area (Å²) in [6.07, 6.45) is 7.25. The van der Waals surface area contributed by atoms with Gasteiger partial charge in [-0.2, -0.15) is 0 Å². The van der Waals surface area contributed by atoms with Crippen molar-refractivity contribution >= 4 is 28.5 Å². The van der Waals surface area contributed by atoms with Gasteiger partial charge in [-0.3, -0.25) is 9.59 Å². The maximum absolute atomic E-state index is 12.1. The number of fused-ring (bicyclic) bond motifs is 1. The number of nitrogens with zero attached hydrogens (tertiary/aromatic N) is 3. The van der Waals surface area contributed by atoms with Gasteiger partial charge in [0.2, 0.25) is 11.8 Å². The van der Waals surface area contributed by atoms with Gasteiger partial charge in [0.1, 0.15) is 11.9 Å². The number of aromatic amines is 1. The number of pyridine rings is 1. The lowest BCUT2D eigenvalue weighted by Crippen LogP contribution is -2.45. The zero-order valence-corrected chi connectivity index (χ0v) is 16.5. The fourth-order valence-corrected chi connectivity index (χ4v) is 3.70. The van der Waals surface area contributed by atoms with Crippen molar-refractivity contribution in [1.82, 2.24) is 25.2 Å². The molecule has 152 valence electrons. The van der Waals surface area contributed by atoms with Crippen molar-refractivity contribution in [3.05, 3.63) is 30.4 Å². The minimum absolute atomic E-state index is 0.104. The zero-order valence-electron chi connectivity index (χ0n) is 16.5. The highest BCUT2D eigenvalue weighted by Crippen LogP contribution is 2.34. The van der Waals surface area contributed by atoms with E-state index >= 15 is 0 Å². The SMILES string of the molecule is CCC(=O)N1CCC[C@@H](Nc2c(-c3nc(C(=O)NC)co3)cnc3[nH]ccc23)C1. The molecule has 29 heavy (non-hydrogen) atoms. The quantitative estimate of drug-likeness (QED) is 0.610. The number of piperidine rings is 1. The van der Waals surface area contributed by atoms with Gasteiger partial charge in [-0.25, -0.2) is 9.97 Å². The first-order valence-corrected chi connectivity index (χ1v) is 9.79. The van der Waals surface area contributed by atoms with Gasteiger partial charge in [0.05, 0.1) is 11.3 Å². The maximum atomic E-state index is 12.1. The van der Waals surface area contributed by atoms with Crippen LogP contribution >= 0.6 is 0 Å². The summed E-state index contributed by atoms with van der Waals surface area (Å²) < 4.78 is 5.58. The summed E-state index contributed by atoms with van der Waals surface area (Å²) in [5.41, 5.74) is 2.45. The monoisotopic (exact) mass is 396 g/mol. The molecule has 1 atom stereocenters. The van der Waals surface area contributed by atoms with Crippen molar-refractivity contribution in [2.24, 2.45) is 0 Å². The van der Waals surface area contributed by atoms with Crippen LogP contribution in [-0.4, -0.2) is 57.8 Å². The lowest BCUT2D eigenvalue weighted by atomic mass is 10.0. The Balaban J connectivity index is 1.68. The molecule has 4 rings (SSSR count). The van der Waals surface area contributed by atoms with Crippen molar-refractivity contribution in [2.75, 3.05) is 25.5 Å². The van der Waals surface area contributed by atoms with Crippen molar-refractivity contribution in [2.45, 2.75) is 32.2 Å². The molecule has 3 aromatic rings. The minimum atomic E-state index is -0.314. The van der Waals surface area contributed by atoms with Gasteiger partial charge >= 0.3 is 0 Å². The van der Waals surface area contributed by atoms with E-state index in [0.717, 1.165) is 36.1 Å². The lowest BCUT2D eigenvalue weighted by molar-refractivity contribution is -0.131. The first-order valence-electron chi connectivity index (χ1n) is 9.79. The molecular formula is C20H24N6O3. The first kappa shape index (κ1) is 19.0. The summed E-state index contributed by atoms with van der Waals surface area (Å²) in [5.74, 6) is 0.173. The van der Waals surface area contributed by atoms with Crippen LogP contribution in [0.3, 0.4) is 0 Å². The molecule has 9 heteroatoms. The Morgan fingerprint density at radius 2 is 2.28 bits per heavy atom. The lowest BCUT2D eigenvalue weighted by Gasteiger charge is -2.34. The van der Waals surface area contributed by atoms with Gasteiger partial charge in [0.25, 0.3) is 5.91 Å². The molecule has 3 aromatic heterocycles. The molecular weight excluding hydrogens is 372 g/mol. The van der Waals surface area contributed by atoms with E-state index in [4.69, 9.17) is 4.42 Å². The average Bonchev–Trinajstić information content (AvgIpc) is 3.43. The predicted octanol–water partition coefficient (Wildman–Crippen LogP) is 2.39. The molecule has 9 nitrogen and oxygen atoms in total. The van der Waals surface area contributed by atoms with E-state index in [1.54, 1.807) is 13.2 Å². The van der Waals surface area contributed by atoms with E-state index in [1.807, 2.05) is 24.1 Å². The summed E-state index contributed by atoms with van der Waals surface area (Å²) in [4.78, 5) is 37.8. The Kier molecular flexibility index (Phi) is 5.20. The van der Waals surface area contributed by atoms with Crippen LogP contribution in [0.2, 0.25) is 0 Å². The van der Waals surface area contributed by atoms with Crippen molar-refractivity contribution in [1.29, 1.82) is 0 Å². The standard InChI is InChI=1S/C20H24N6O3/c1-3-16(27)26-8-4-5-12(10-26)24-17-13-6-7-22-18(13)23-9-14(17)20-25-15(11-29-20)19(28)21-2/h6-7,9,11-12H,3-5,8,10H2,1-2H3,(H,21,28)(H2,22,23,24)/t12-/m1/s1. The van der Waals surface area contributed by atoms with Crippen LogP contribution in [0.4, 0.5) is 5.69 Å². The van der Waals surface area contributed by atoms with Crippen LogP contribution in [0.5, 0.6) is 0 Å². The molecule has 3 N–H and O–H groups in total. The topological polar surface area (TPSA) is 116 Å². The number of likely N-dealkylation sites (tertiary alicyclic amines) is 1. The van der Waals surface area contributed by atoms with Gasteiger partial charge in [-0.1, -0.05) is 6.92 Å². The third kappa shape index (κ3) is 3.67. The van der Waals surface area contributed by atoms with Crippen LogP contribution < -0.4 is 10.6 Å². The summed E-state index contributed by atoms with van der Waals surface area (Å²) in [5, 5.41) is 7.03. The number of hydrogen-bond donors (Lipinski definition) is 3. The normalized spacial score (nSPS) is 16.8. The second kappa shape index (κ2) is 7.94. The predicted molar refractivity (Wildman–Crippen MR) is 108 cm³/mol. The van der Waals surface area contributed by atoms with Gasteiger partial charge in [0.15, 0.2) is 5.69 Å². The molecule has 1 aliphatic rings. The molecule has 4 heterocycles. The molecule has 0 spiro atoms. The van der Waals surface area contributed by atoms with Gasteiger partial charge in [-0.15, -0.1) is 0 Å². The molecule has 1 saturated heterocycles. The summed E-state index contributed by atoms with van der Waals surface area (Å²) >= 11 is 0. The Bertz CT molecular complexity index is 1040. The van der Waals surface area contributed by atoms with Crippen LogP contribution in [0, 0.1) is 0 Å². The Morgan fingerprint density at radius 1 is 1.41 bits per heavy atom. The zero-order chi connectivity index (χ0) is 20.4. The summed E-state index contributed by atoms with van der Waals surface area (Å²) in [7, 11) is 1.55. The number of hydrogen-bond acceptors (Lipinski definition) is 6. The number of H-pyrrole nitrogens is 1. The molecule has 0 bridgehead atoms. The van der Waals surface area contributed by atoms with Crippen LogP contribution in [0.25, 0.3) is 22.5 Å². The highest BCUT2D eigenvalue weighted by molar-refractivity contribution is 5.98. The Hall–Kier alpha value is -3.36. The smallest absolute Gasteiger partial charge is 0.272 e. The molecule has 1 aliphatic heterocycles. The Morgan fingerprint density at radius 3 is 3.07 bits per heavy atom. The minimum Gasteiger partial charge on any atom is -0.443 e. The van der Waals surface area contributed by atoms with Crippen molar-refractivity contribution in [3.63, 3.8) is 0 Å². The molecule has 0 aromatic carbocycles. The van der Waals surface area contributed by atoms with E-state index in [0.29, 0.717) is 24.4 Å². The van der Waals surface area contributed by atoms with Crippen LogP contribution in [-0.2, 0) is 4.79 Å². The third-order valence-corrected chi connectivity index (χ3v) is 5.21. The molecule has 2 amide bonds. The number of rotatable bonds is 5. The highest BCUT2D eigenvalue weighted by Gasteiger charge is 2.25. The largest absolute Gasteiger partial charge is 0.443 e. The van der Waals surface area contributed by atoms with E-state index in [2.05, 4.69) is 25.6 Å². The fraction of sp³-hybridized carbons (Fsp3) is 0.400. The number of aromatic nitrogens is 3. The first-order chi connectivity index (χ1) is 14.1. The summed E-state index contributed by atoms with van der Waals surface area (Å²) in [6.45, 7) is 3.33. The van der Waals surface area contributed by atoms with Crippen molar-refractivity contribution < 1.29 is 14.0 Å². The van der Waals surface area contributed by atoms with E-state index in [-0.39, 0.29) is 23.6 Å². The number of carbonyl (C=O) groups is 2. The second-order valence-corrected chi connectivity index (χ2v) is 7.08. The van der Waals surface area contributed by atoms with Gasteiger partial charge in [-0.05, 0) is 18.9 Å². The third-order valence-electron chi connectivity index (χ3n) is 5.21. The van der Waals surface area contributed by atoms with Crippen molar-refractivity contribution in [3.8, 4) is 11.5 Å². The number of amides is 2. The molecule has 0 saturated carbocycles. The molecule has 0 aliphatic carbocycles. The van der Waals surface area contributed by atoms with Gasteiger partial charge < -0.3 is 24.9 Å². The van der Waals surface area contributed by atoms with Crippen LogP contribution in [0.15, 0.2) is 29.1 Å². The number of anilines is 1. The fourth-order valence-electron chi connectivity index (χ4n) is 3.70. The van der Waals surface area contributed by atoms with Gasteiger partial charge in [0, 0.05) is 50.4 Å². The number of nitrogens with one attached hydrogen (secondary N) is 3. The van der Waals surface area contributed by atoms with E-state index in [9.17, 15) is 9.59 Å². The Labute approximate surface area is 167 Å². The number of oxazole rings is 1. The van der Waals surface area contributed by atoms with E-state index in [1.165, 1.54) is 6.26 Å². The van der Waals surface area contributed by atoms with Crippen LogP contribution in [0.1, 0.15) is 36.7 Å². The highest BCUT2D eigenvalue weighted by atomic mass is 16.3. The maximum Gasteiger partial charge on any atom is 0.272 e. The van der Waals surface area contributed by atoms with E-state index < -0.39 is 0 Å². The molecule has 0 radical (unpaired) electrons. The summed E-state index contributed by atoms with van der Waals surface area (Å²) in [6, 6.07) is 2.04. The molecule has 0 unspecified atom stereocenters. The average molecular weight is 396 g/mol. The number of carbonyl (C=O) groups excluding carboxylic acids is 2. The molecule has 1 fully saturated rings.